The Labute approximate surface area is 250 Å². The Bertz CT molecular complexity index is 354. The van der Waals surface area contributed by atoms with Crippen molar-refractivity contribution in [3.63, 3.8) is 0 Å². The van der Waals surface area contributed by atoms with Gasteiger partial charge in [-0.3, -0.25) is 0 Å². The van der Waals surface area contributed by atoms with E-state index in [1.807, 2.05) is 0 Å². The van der Waals surface area contributed by atoms with Crippen LogP contribution in [-0.4, -0.2) is 68.4 Å². The Kier molecular flexibility index (Phi) is 47.7. The standard InChI is InChI=1S/C15H32O2S.C12H26S.C3H7BrO2/c1-2-3-4-5-6-7-8-9-10-11-12-18-14-15(17)13-16;1-2-3-4-5-6-7-8-9-10-11-12-13;4-1-3(6)2-5/h15-17H,2-14H2,1H3;13H,2-12H2,1H3;3,5-6H,1-2H2. The van der Waals surface area contributed by atoms with Crippen molar-refractivity contribution < 1.29 is 20.4 Å². The second kappa shape index (κ2) is 41.5. The average molecular weight is 634 g/mol. The first kappa shape index (κ1) is 42.5. The summed E-state index contributed by atoms with van der Waals surface area (Å²) in [7, 11) is 0. The zero-order valence-electron chi connectivity index (χ0n) is 24.6. The molecule has 0 aliphatic heterocycles. The van der Waals surface area contributed by atoms with Gasteiger partial charge in [0.25, 0.3) is 0 Å². The fourth-order valence-electron chi connectivity index (χ4n) is 3.61. The maximum Gasteiger partial charge on any atom is 0.0867 e. The Morgan fingerprint density at radius 3 is 1.22 bits per heavy atom. The molecule has 7 heteroatoms. The van der Waals surface area contributed by atoms with Crippen LogP contribution >= 0.6 is 40.3 Å². The molecule has 0 fully saturated rings. The van der Waals surface area contributed by atoms with Gasteiger partial charge in [0.1, 0.15) is 0 Å². The van der Waals surface area contributed by atoms with E-state index in [4.69, 9.17) is 20.4 Å². The summed E-state index contributed by atoms with van der Waals surface area (Å²) in [6.07, 6.45) is 26.8. The van der Waals surface area contributed by atoms with Crippen molar-refractivity contribution in [2.75, 3.05) is 35.8 Å². The molecule has 0 bridgehead atoms. The Hall–Kier alpha value is 1.02. The molecule has 37 heavy (non-hydrogen) atoms. The van der Waals surface area contributed by atoms with Crippen molar-refractivity contribution in [1.82, 2.24) is 0 Å². The first-order valence-electron chi connectivity index (χ1n) is 15.4. The molecule has 0 rings (SSSR count). The summed E-state index contributed by atoms with van der Waals surface area (Å²) in [6, 6.07) is 0. The highest BCUT2D eigenvalue weighted by Crippen LogP contribution is 2.13. The third-order valence-electron chi connectivity index (χ3n) is 6.06. The van der Waals surface area contributed by atoms with Crippen LogP contribution in [0.5, 0.6) is 0 Å². The van der Waals surface area contributed by atoms with E-state index in [-0.39, 0.29) is 13.2 Å². The molecule has 4 nitrogen and oxygen atoms in total. The van der Waals surface area contributed by atoms with Crippen LogP contribution in [0.15, 0.2) is 0 Å². The van der Waals surface area contributed by atoms with Crippen molar-refractivity contribution in [1.29, 1.82) is 0 Å². The molecule has 0 aromatic heterocycles. The van der Waals surface area contributed by atoms with E-state index in [2.05, 4.69) is 42.4 Å². The first-order chi connectivity index (χ1) is 18.0. The SMILES string of the molecule is CCCCCCCCCCCCS.CCCCCCCCCCCCSCC(O)CO.OCC(O)CBr. The number of hydrogen-bond acceptors (Lipinski definition) is 6. The van der Waals surface area contributed by atoms with Crippen molar-refractivity contribution in [2.24, 2.45) is 0 Å². The lowest BCUT2D eigenvalue weighted by atomic mass is 10.1. The van der Waals surface area contributed by atoms with Gasteiger partial charge < -0.3 is 20.4 Å². The molecular formula is C30H65BrO4S2. The minimum atomic E-state index is -0.593. The molecule has 0 heterocycles. The van der Waals surface area contributed by atoms with Gasteiger partial charge in [-0.1, -0.05) is 145 Å². The van der Waals surface area contributed by atoms with Gasteiger partial charge in [0.15, 0.2) is 0 Å². The fraction of sp³-hybridized carbons (Fsp3) is 1.00. The number of thiol groups is 1. The Morgan fingerprint density at radius 1 is 0.568 bits per heavy atom. The number of aliphatic hydroxyl groups excluding tert-OH is 4. The van der Waals surface area contributed by atoms with Gasteiger partial charge in [-0.15, -0.1) is 0 Å². The van der Waals surface area contributed by atoms with Gasteiger partial charge in [0, 0.05) is 11.1 Å². The minimum Gasteiger partial charge on any atom is -0.394 e. The third-order valence-corrected chi connectivity index (χ3v) is 8.33. The predicted octanol–water partition coefficient (Wildman–Crippen LogP) is 8.57. The molecule has 0 aromatic rings. The van der Waals surface area contributed by atoms with Crippen LogP contribution < -0.4 is 0 Å². The summed E-state index contributed by atoms with van der Waals surface area (Å²) < 4.78 is 0. The van der Waals surface area contributed by atoms with E-state index in [0.29, 0.717) is 11.1 Å². The van der Waals surface area contributed by atoms with Crippen LogP contribution in [-0.2, 0) is 0 Å². The van der Waals surface area contributed by atoms with Crippen molar-refractivity contribution in [3.8, 4) is 0 Å². The summed E-state index contributed by atoms with van der Waals surface area (Å²) >= 11 is 8.92. The van der Waals surface area contributed by atoms with Gasteiger partial charge >= 0.3 is 0 Å². The smallest absolute Gasteiger partial charge is 0.0867 e. The summed E-state index contributed by atoms with van der Waals surface area (Å²) in [5.74, 6) is 2.86. The number of rotatable bonds is 26. The van der Waals surface area contributed by atoms with E-state index in [1.165, 1.54) is 128 Å². The van der Waals surface area contributed by atoms with Gasteiger partial charge in [-0.25, -0.2) is 0 Å². The summed E-state index contributed by atoms with van der Waals surface area (Å²) in [5.41, 5.74) is 0. The lowest BCUT2D eigenvalue weighted by molar-refractivity contribution is 0.113. The van der Waals surface area contributed by atoms with E-state index in [9.17, 15) is 0 Å². The van der Waals surface area contributed by atoms with Crippen molar-refractivity contribution >= 4 is 40.3 Å². The van der Waals surface area contributed by atoms with Gasteiger partial charge in [-0.2, -0.15) is 24.4 Å². The second-order valence-corrected chi connectivity index (χ2v) is 12.2. The lowest BCUT2D eigenvalue weighted by Gasteiger charge is -2.06. The van der Waals surface area contributed by atoms with Gasteiger partial charge in [-0.05, 0) is 24.3 Å². The Balaban J connectivity index is -0.000000529. The molecule has 0 saturated carbocycles. The number of unbranched alkanes of at least 4 members (excludes halogenated alkanes) is 18. The molecule has 228 valence electrons. The first-order valence-corrected chi connectivity index (χ1v) is 18.3. The highest BCUT2D eigenvalue weighted by atomic mass is 79.9. The third kappa shape index (κ3) is 47.2. The van der Waals surface area contributed by atoms with Gasteiger partial charge in [0.2, 0.25) is 0 Å². The average Bonchev–Trinajstić information content (AvgIpc) is 2.92. The number of aliphatic hydroxyl groups is 4. The minimum absolute atomic E-state index is 0.106. The molecule has 0 amide bonds. The number of thioether (sulfide) groups is 1. The second-order valence-electron chi connectivity index (χ2n) is 9.99. The number of alkyl halides is 1. The highest BCUT2D eigenvalue weighted by Gasteiger charge is 2.01. The quantitative estimate of drug-likeness (QED) is 0.0375. The van der Waals surface area contributed by atoms with Crippen LogP contribution in [0.4, 0.5) is 0 Å². The number of halogens is 1. The Morgan fingerprint density at radius 2 is 0.919 bits per heavy atom. The molecule has 4 N–H and O–H groups in total. The fourth-order valence-corrected chi connectivity index (χ4v) is 4.99. The highest BCUT2D eigenvalue weighted by molar-refractivity contribution is 9.09. The molecule has 0 aromatic carbocycles. The zero-order valence-corrected chi connectivity index (χ0v) is 27.9. The van der Waals surface area contributed by atoms with Gasteiger partial charge in [0.05, 0.1) is 25.4 Å². The lowest BCUT2D eigenvalue weighted by Crippen LogP contribution is -2.14. The van der Waals surface area contributed by atoms with Crippen LogP contribution in [0.3, 0.4) is 0 Å². The topological polar surface area (TPSA) is 80.9 Å². The predicted molar refractivity (Wildman–Crippen MR) is 175 cm³/mol. The van der Waals surface area contributed by atoms with E-state index < -0.39 is 12.2 Å². The molecule has 0 saturated heterocycles. The number of hydrogen-bond donors (Lipinski definition) is 5. The maximum atomic E-state index is 9.15. The van der Waals surface area contributed by atoms with E-state index >= 15 is 0 Å². The molecule has 0 aliphatic rings. The van der Waals surface area contributed by atoms with E-state index in [1.54, 1.807) is 11.8 Å². The summed E-state index contributed by atoms with van der Waals surface area (Å²) in [4.78, 5) is 0. The molecule has 0 spiro atoms. The maximum absolute atomic E-state index is 9.15. The molecular weight excluding hydrogens is 568 g/mol. The normalized spacial score (nSPS) is 12.3. The van der Waals surface area contributed by atoms with Crippen molar-refractivity contribution in [3.05, 3.63) is 0 Å². The van der Waals surface area contributed by atoms with Crippen LogP contribution in [0.25, 0.3) is 0 Å². The monoisotopic (exact) mass is 632 g/mol. The van der Waals surface area contributed by atoms with Crippen LogP contribution in [0.2, 0.25) is 0 Å². The summed E-state index contributed by atoms with van der Waals surface area (Å²) in [5, 5.41) is 34.7. The molecule has 2 unspecified atom stereocenters. The molecule has 0 radical (unpaired) electrons. The summed E-state index contributed by atoms with van der Waals surface area (Å²) in [6.45, 7) is 4.27. The van der Waals surface area contributed by atoms with Crippen LogP contribution in [0, 0.1) is 0 Å². The zero-order chi connectivity index (χ0) is 28.2. The van der Waals surface area contributed by atoms with E-state index in [0.717, 1.165) is 11.5 Å². The van der Waals surface area contributed by atoms with Crippen LogP contribution in [0.1, 0.15) is 142 Å². The molecule has 0 aliphatic carbocycles. The van der Waals surface area contributed by atoms with Crippen molar-refractivity contribution in [2.45, 2.75) is 154 Å². The molecule has 2 atom stereocenters. The largest absolute Gasteiger partial charge is 0.394 e.